The molecule has 0 bridgehead atoms. The molecule has 2 aromatic carbocycles. The maximum atomic E-state index is 11.8. The van der Waals surface area contributed by atoms with Crippen molar-refractivity contribution in [2.75, 3.05) is 17.2 Å². The molecule has 0 unspecified atom stereocenters. The molecule has 0 heterocycles. The van der Waals surface area contributed by atoms with Gasteiger partial charge in [-0.05, 0) is 36.8 Å². The van der Waals surface area contributed by atoms with E-state index in [0.29, 0.717) is 15.7 Å². The summed E-state index contributed by atoms with van der Waals surface area (Å²) in [6.07, 6.45) is 0. The third-order valence-corrected chi connectivity index (χ3v) is 3.53. The zero-order chi connectivity index (χ0) is 14.5. The highest BCUT2D eigenvalue weighted by Gasteiger charge is 2.05. The number of hydrogen-bond acceptors (Lipinski definition) is 2. The monoisotopic (exact) mass is 308 g/mol. The minimum Gasteiger partial charge on any atom is -0.376 e. The van der Waals surface area contributed by atoms with E-state index in [-0.39, 0.29) is 12.5 Å². The average Bonchev–Trinajstić information content (AvgIpc) is 2.42. The highest BCUT2D eigenvalue weighted by Crippen LogP contribution is 2.24. The largest absolute Gasteiger partial charge is 0.376 e. The number of para-hydroxylation sites is 1. The van der Waals surface area contributed by atoms with Crippen LogP contribution in [0.5, 0.6) is 0 Å². The van der Waals surface area contributed by atoms with Crippen LogP contribution in [-0.4, -0.2) is 12.5 Å². The first-order valence-corrected chi connectivity index (χ1v) is 6.86. The van der Waals surface area contributed by atoms with Crippen LogP contribution in [0.4, 0.5) is 11.4 Å². The highest BCUT2D eigenvalue weighted by atomic mass is 35.5. The Hall–Kier alpha value is -1.71. The van der Waals surface area contributed by atoms with E-state index in [1.165, 1.54) is 0 Å². The van der Waals surface area contributed by atoms with Crippen molar-refractivity contribution in [3.8, 4) is 0 Å². The maximum absolute atomic E-state index is 11.8. The van der Waals surface area contributed by atoms with Crippen molar-refractivity contribution in [3.63, 3.8) is 0 Å². The zero-order valence-corrected chi connectivity index (χ0v) is 12.4. The van der Waals surface area contributed by atoms with Gasteiger partial charge in [-0.2, -0.15) is 0 Å². The first kappa shape index (κ1) is 14.7. The second-order valence-electron chi connectivity index (χ2n) is 4.35. The molecular formula is C15H14Cl2N2O. The van der Waals surface area contributed by atoms with Crippen molar-refractivity contribution in [2.24, 2.45) is 0 Å². The summed E-state index contributed by atoms with van der Waals surface area (Å²) in [5.41, 5.74) is 2.66. The summed E-state index contributed by atoms with van der Waals surface area (Å²) in [6.45, 7) is 2.17. The number of carbonyl (C=O) groups is 1. The molecule has 0 aliphatic heterocycles. The van der Waals surface area contributed by atoms with Gasteiger partial charge in [-0.25, -0.2) is 0 Å². The Kier molecular flexibility index (Phi) is 4.88. The highest BCUT2D eigenvalue weighted by molar-refractivity contribution is 6.42. The third kappa shape index (κ3) is 3.89. The number of rotatable bonds is 4. The van der Waals surface area contributed by atoms with Gasteiger partial charge in [-0.15, -0.1) is 0 Å². The van der Waals surface area contributed by atoms with Crippen LogP contribution >= 0.6 is 23.2 Å². The van der Waals surface area contributed by atoms with Gasteiger partial charge in [-0.3, -0.25) is 4.79 Å². The predicted molar refractivity (Wildman–Crippen MR) is 84.8 cm³/mol. The van der Waals surface area contributed by atoms with Gasteiger partial charge in [0.1, 0.15) is 0 Å². The summed E-state index contributed by atoms with van der Waals surface area (Å²) in [6, 6.07) is 12.8. The SMILES string of the molecule is Cc1ccccc1NCC(=O)Nc1ccc(Cl)c(Cl)c1. The Morgan fingerprint density at radius 2 is 1.85 bits per heavy atom. The molecule has 0 aromatic heterocycles. The molecule has 0 fully saturated rings. The fraction of sp³-hybridized carbons (Fsp3) is 0.133. The minimum absolute atomic E-state index is 0.147. The van der Waals surface area contributed by atoms with Gasteiger partial charge in [0.05, 0.1) is 16.6 Å². The lowest BCUT2D eigenvalue weighted by molar-refractivity contribution is -0.114. The number of nitrogens with one attached hydrogen (secondary N) is 2. The molecule has 0 aliphatic rings. The molecule has 0 atom stereocenters. The number of aryl methyl sites for hydroxylation is 1. The second-order valence-corrected chi connectivity index (χ2v) is 5.16. The molecule has 1 amide bonds. The van der Waals surface area contributed by atoms with E-state index >= 15 is 0 Å². The predicted octanol–water partition coefficient (Wildman–Crippen LogP) is 4.35. The van der Waals surface area contributed by atoms with Gasteiger partial charge in [-0.1, -0.05) is 41.4 Å². The van der Waals surface area contributed by atoms with Gasteiger partial charge in [0.15, 0.2) is 0 Å². The van der Waals surface area contributed by atoms with Crippen LogP contribution in [0.3, 0.4) is 0 Å². The smallest absolute Gasteiger partial charge is 0.243 e. The van der Waals surface area contributed by atoms with Crippen LogP contribution in [0, 0.1) is 6.92 Å². The summed E-state index contributed by atoms with van der Waals surface area (Å²) < 4.78 is 0. The first-order valence-electron chi connectivity index (χ1n) is 6.10. The van der Waals surface area contributed by atoms with Gasteiger partial charge in [0, 0.05) is 11.4 Å². The van der Waals surface area contributed by atoms with Crippen molar-refractivity contribution in [2.45, 2.75) is 6.92 Å². The molecule has 0 saturated carbocycles. The van der Waals surface area contributed by atoms with Crippen molar-refractivity contribution in [3.05, 3.63) is 58.1 Å². The number of benzene rings is 2. The van der Waals surface area contributed by atoms with E-state index in [2.05, 4.69) is 10.6 Å². The van der Waals surface area contributed by atoms with Crippen LogP contribution in [0.1, 0.15) is 5.56 Å². The first-order chi connectivity index (χ1) is 9.56. The number of amides is 1. The summed E-state index contributed by atoms with van der Waals surface area (Å²) in [5, 5.41) is 6.72. The third-order valence-electron chi connectivity index (χ3n) is 2.79. The second kappa shape index (κ2) is 6.64. The van der Waals surface area contributed by atoms with Crippen molar-refractivity contribution in [1.82, 2.24) is 0 Å². The molecule has 104 valence electrons. The Labute approximate surface area is 127 Å². The standard InChI is InChI=1S/C15H14Cl2N2O/c1-10-4-2-3-5-14(10)18-9-15(20)19-11-6-7-12(16)13(17)8-11/h2-8,18H,9H2,1H3,(H,19,20). The Bertz CT molecular complexity index is 629. The molecule has 0 radical (unpaired) electrons. The Morgan fingerprint density at radius 3 is 2.55 bits per heavy atom. The molecule has 2 N–H and O–H groups in total. The van der Waals surface area contributed by atoms with E-state index in [4.69, 9.17) is 23.2 Å². The molecule has 2 aromatic rings. The topological polar surface area (TPSA) is 41.1 Å². The molecule has 2 rings (SSSR count). The summed E-state index contributed by atoms with van der Waals surface area (Å²) in [4.78, 5) is 11.8. The number of hydrogen-bond donors (Lipinski definition) is 2. The molecule has 0 saturated heterocycles. The van der Waals surface area contributed by atoms with Crippen LogP contribution in [-0.2, 0) is 4.79 Å². The minimum atomic E-state index is -0.147. The van der Waals surface area contributed by atoms with E-state index in [1.807, 2.05) is 31.2 Å². The molecule has 0 spiro atoms. The van der Waals surface area contributed by atoms with E-state index in [1.54, 1.807) is 18.2 Å². The van der Waals surface area contributed by atoms with Gasteiger partial charge in [0.2, 0.25) is 5.91 Å². The maximum Gasteiger partial charge on any atom is 0.243 e. The van der Waals surface area contributed by atoms with Gasteiger partial charge < -0.3 is 10.6 Å². The average molecular weight is 309 g/mol. The van der Waals surface area contributed by atoms with Gasteiger partial charge in [0.25, 0.3) is 0 Å². The normalized spacial score (nSPS) is 10.2. The molecular weight excluding hydrogens is 295 g/mol. The van der Waals surface area contributed by atoms with Crippen LogP contribution < -0.4 is 10.6 Å². The van der Waals surface area contributed by atoms with Crippen molar-refractivity contribution < 1.29 is 4.79 Å². The van der Waals surface area contributed by atoms with Crippen molar-refractivity contribution in [1.29, 1.82) is 0 Å². The fourth-order valence-corrected chi connectivity index (χ4v) is 2.02. The van der Waals surface area contributed by atoms with Crippen LogP contribution in [0.25, 0.3) is 0 Å². The molecule has 3 nitrogen and oxygen atoms in total. The Morgan fingerprint density at radius 1 is 1.10 bits per heavy atom. The summed E-state index contributed by atoms with van der Waals surface area (Å²) in [7, 11) is 0. The lowest BCUT2D eigenvalue weighted by atomic mass is 10.2. The molecule has 0 aliphatic carbocycles. The fourth-order valence-electron chi connectivity index (χ4n) is 1.73. The number of anilines is 2. The summed E-state index contributed by atoms with van der Waals surface area (Å²) >= 11 is 11.7. The molecule has 5 heteroatoms. The van der Waals surface area contributed by atoms with E-state index < -0.39 is 0 Å². The lowest BCUT2D eigenvalue weighted by Crippen LogP contribution is -2.22. The summed E-state index contributed by atoms with van der Waals surface area (Å²) in [5.74, 6) is -0.147. The number of halogens is 2. The van der Waals surface area contributed by atoms with E-state index in [0.717, 1.165) is 11.3 Å². The number of carbonyl (C=O) groups excluding carboxylic acids is 1. The lowest BCUT2D eigenvalue weighted by Gasteiger charge is -2.10. The van der Waals surface area contributed by atoms with Crippen molar-refractivity contribution >= 4 is 40.5 Å². The van der Waals surface area contributed by atoms with Crippen LogP contribution in [0.2, 0.25) is 10.0 Å². The molecule has 20 heavy (non-hydrogen) atoms. The van der Waals surface area contributed by atoms with Crippen LogP contribution in [0.15, 0.2) is 42.5 Å². The van der Waals surface area contributed by atoms with Gasteiger partial charge >= 0.3 is 0 Å². The quantitative estimate of drug-likeness (QED) is 0.881. The van der Waals surface area contributed by atoms with E-state index in [9.17, 15) is 4.79 Å². The Balaban J connectivity index is 1.93. The zero-order valence-electron chi connectivity index (χ0n) is 10.9.